The fourth-order valence-corrected chi connectivity index (χ4v) is 3.15. The van der Waals surface area contributed by atoms with E-state index in [1.165, 1.54) is 0 Å². The van der Waals surface area contributed by atoms with Crippen LogP contribution in [0, 0.1) is 6.92 Å². The Kier molecular flexibility index (Phi) is 5.61. The van der Waals surface area contributed by atoms with E-state index in [9.17, 15) is 14.4 Å². The van der Waals surface area contributed by atoms with E-state index in [0.29, 0.717) is 28.4 Å². The zero-order chi connectivity index (χ0) is 19.4. The first-order valence-electron chi connectivity index (χ1n) is 8.27. The number of esters is 1. The first-order valence-corrected chi connectivity index (χ1v) is 9.08. The maximum atomic E-state index is 12.4. The highest BCUT2D eigenvalue weighted by Crippen LogP contribution is 2.32. The van der Waals surface area contributed by atoms with E-state index in [4.69, 9.17) is 9.47 Å². The Morgan fingerprint density at radius 2 is 1.96 bits per heavy atom. The minimum Gasteiger partial charge on any atom is -0.490 e. The third kappa shape index (κ3) is 4.57. The summed E-state index contributed by atoms with van der Waals surface area (Å²) in [6, 6.07) is 12.1. The van der Waals surface area contributed by atoms with Crippen LogP contribution < -0.4 is 14.8 Å². The largest absolute Gasteiger partial charge is 0.490 e. The molecule has 1 aliphatic rings. The lowest BCUT2D eigenvalue weighted by molar-refractivity contribution is -0.115. The number of thioether (sulfide) groups is 1. The monoisotopic (exact) mass is 383 g/mol. The predicted octanol–water partition coefficient (Wildman–Crippen LogP) is 3.94. The van der Waals surface area contributed by atoms with Gasteiger partial charge < -0.3 is 9.47 Å². The van der Waals surface area contributed by atoms with Crippen LogP contribution >= 0.6 is 11.8 Å². The van der Waals surface area contributed by atoms with E-state index in [2.05, 4.69) is 5.32 Å². The molecule has 0 bridgehead atoms. The summed E-state index contributed by atoms with van der Waals surface area (Å²) in [6.45, 7) is 4.09. The van der Waals surface area contributed by atoms with Gasteiger partial charge in [0.05, 0.1) is 17.1 Å². The molecule has 2 amide bonds. The van der Waals surface area contributed by atoms with Crippen molar-refractivity contribution in [2.45, 2.75) is 13.8 Å². The number of hydrogen-bond acceptors (Lipinski definition) is 6. The van der Waals surface area contributed by atoms with Crippen LogP contribution in [0.25, 0.3) is 6.08 Å². The number of rotatable bonds is 5. The molecular formula is C20H17NO5S. The summed E-state index contributed by atoms with van der Waals surface area (Å²) in [5.41, 5.74) is 2.06. The molecule has 2 aromatic rings. The molecule has 27 heavy (non-hydrogen) atoms. The molecule has 0 aliphatic carbocycles. The Bertz CT molecular complexity index is 951. The zero-order valence-electron chi connectivity index (χ0n) is 14.8. The van der Waals surface area contributed by atoms with Crippen molar-refractivity contribution >= 4 is 35.0 Å². The second-order valence-corrected chi connectivity index (χ2v) is 6.77. The van der Waals surface area contributed by atoms with Crippen LogP contribution in [0.15, 0.2) is 47.4 Å². The van der Waals surface area contributed by atoms with Gasteiger partial charge in [-0.15, -0.1) is 0 Å². The van der Waals surface area contributed by atoms with Gasteiger partial charge in [-0.1, -0.05) is 23.8 Å². The summed E-state index contributed by atoms with van der Waals surface area (Å²) in [5, 5.41) is 1.80. The summed E-state index contributed by atoms with van der Waals surface area (Å²) < 4.78 is 11.0. The molecule has 0 aromatic heterocycles. The third-order valence-electron chi connectivity index (χ3n) is 3.66. The van der Waals surface area contributed by atoms with Gasteiger partial charge in [-0.2, -0.15) is 0 Å². The van der Waals surface area contributed by atoms with Gasteiger partial charge in [0.25, 0.3) is 11.1 Å². The van der Waals surface area contributed by atoms with E-state index in [1.54, 1.807) is 42.5 Å². The van der Waals surface area contributed by atoms with Crippen LogP contribution in [0.1, 0.15) is 28.4 Å². The molecule has 1 aliphatic heterocycles. The number of aryl methyl sites for hydroxylation is 1. The normalized spacial score (nSPS) is 15.0. The van der Waals surface area contributed by atoms with Gasteiger partial charge in [0.1, 0.15) is 0 Å². The minimum atomic E-state index is -0.484. The Morgan fingerprint density at radius 3 is 2.63 bits per heavy atom. The predicted molar refractivity (Wildman–Crippen MR) is 103 cm³/mol. The number of benzene rings is 2. The molecule has 1 saturated heterocycles. The quantitative estimate of drug-likeness (QED) is 0.478. The van der Waals surface area contributed by atoms with Crippen molar-refractivity contribution in [1.29, 1.82) is 0 Å². The number of nitrogens with one attached hydrogen (secondary N) is 1. The van der Waals surface area contributed by atoms with Crippen molar-refractivity contribution in [3.8, 4) is 11.5 Å². The van der Waals surface area contributed by atoms with Gasteiger partial charge in [0.2, 0.25) is 0 Å². The number of hydrogen-bond donors (Lipinski definition) is 1. The summed E-state index contributed by atoms with van der Waals surface area (Å²) >= 11 is 0.837. The van der Waals surface area contributed by atoms with Gasteiger partial charge in [-0.3, -0.25) is 14.9 Å². The number of imide groups is 1. The van der Waals surface area contributed by atoms with Gasteiger partial charge in [0.15, 0.2) is 11.5 Å². The molecule has 0 spiro atoms. The number of carbonyl (C=O) groups excluding carboxylic acids is 3. The van der Waals surface area contributed by atoms with E-state index < -0.39 is 17.1 Å². The second kappa shape index (κ2) is 8.09. The molecule has 1 N–H and O–H groups in total. The lowest BCUT2D eigenvalue weighted by atomic mass is 10.1. The van der Waals surface area contributed by atoms with Crippen molar-refractivity contribution in [3.63, 3.8) is 0 Å². The van der Waals surface area contributed by atoms with E-state index >= 15 is 0 Å². The average Bonchev–Trinajstić information content (AvgIpc) is 2.94. The second-order valence-electron chi connectivity index (χ2n) is 5.75. The summed E-state index contributed by atoms with van der Waals surface area (Å²) in [7, 11) is 0. The van der Waals surface area contributed by atoms with E-state index in [0.717, 1.165) is 17.3 Å². The highest BCUT2D eigenvalue weighted by molar-refractivity contribution is 8.18. The van der Waals surface area contributed by atoms with Gasteiger partial charge >= 0.3 is 5.97 Å². The van der Waals surface area contributed by atoms with Crippen LogP contribution in [-0.4, -0.2) is 23.7 Å². The first kappa shape index (κ1) is 18.7. The smallest absolute Gasteiger partial charge is 0.343 e. The fraction of sp³-hybridized carbons (Fsp3) is 0.150. The molecule has 0 radical (unpaired) electrons. The maximum Gasteiger partial charge on any atom is 0.343 e. The van der Waals surface area contributed by atoms with Crippen LogP contribution in [0.3, 0.4) is 0 Å². The molecule has 2 aromatic carbocycles. The van der Waals surface area contributed by atoms with Crippen LogP contribution in [0.4, 0.5) is 4.79 Å². The number of amides is 2. The van der Waals surface area contributed by atoms with Gasteiger partial charge in [-0.25, -0.2) is 4.79 Å². The van der Waals surface area contributed by atoms with Crippen LogP contribution in [0.2, 0.25) is 0 Å². The van der Waals surface area contributed by atoms with Crippen molar-refractivity contribution < 1.29 is 23.9 Å². The molecule has 0 atom stereocenters. The Morgan fingerprint density at radius 1 is 1.15 bits per heavy atom. The van der Waals surface area contributed by atoms with Gasteiger partial charge in [-0.05, 0) is 61.5 Å². The van der Waals surface area contributed by atoms with Crippen molar-refractivity contribution in [2.24, 2.45) is 0 Å². The lowest BCUT2D eigenvalue weighted by Gasteiger charge is -2.12. The molecule has 7 heteroatoms. The summed E-state index contributed by atoms with van der Waals surface area (Å²) in [5.74, 6) is -0.257. The highest BCUT2D eigenvalue weighted by atomic mass is 32.2. The molecule has 0 saturated carbocycles. The Hall–Kier alpha value is -3.06. The van der Waals surface area contributed by atoms with E-state index in [-0.39, 0.29) is 5.75 Å². The third-order valence-corrected chi connectivity index (χ3v) is 4.47. The van der Waals surface area contributed by atoms with Crippen LogP contribution in [-0.2, 0) is 4.79 Å². The van der Waals surface area contributed by atoms with Crippen LogP contribution in [0.5, 0.6) is 11.5 Å². The average molecular weight is 383 g/mol. The van der Waals surface area contributed by atoms with Crippen molar-refractivity contribution in [3.05, 3.63) is 64.1 Å². The van der Waals surface area contributed by atoms with Crippen molar-refractivity contribution in [2.75, 3.05) is 6.61 Å². The lowest BCUT2D eigenvalue weighted by Crippen LogP contribution is -2.17. The topological polar surface area (TPSA) is 81.7 Å². The fourth-order valence-electron chi connectivity index (χ4n) is 2.47. The number of ether oxygens (including phenoxy) is 2. The molecule has 0 unspecified atom stereocenters. The standard InChI is InChI=1S/C20H17NO5S/c1-3-25-16-10-13(11-17-18(22)21-20(24)27-17)7-8-15(16)26-19(23)14-6-4-5-12(2)9-14/h4-11H,3H2,1-2H3,(H,21,22,24)/b17-11+. The molecule has 138 valence electrons. The molecule has 3 rings (SSSR count). The Balaban J connectivity index is 1.85. The zero-order valence-corrected chi connectivity index (χ0v) is 15.6. The Labute approximate surface area is 160 Å². The molecule has 1 heterocycles. The molecule has 1 fully saturated rings. The highest BCUT2D eigenvalue weighted by Gasteiger charge is 2.25. The summed E-state index contributed by atoms with van der Waals surface area (Å²) in [4.78, 5) is 35.6. The van der Waals surface area contributed by atoms with Crippen molar-refractivity contribution in [1.82, 2.24) is 5.32 Å². The SMILES string of the molecule is CCOc1cc(/C=C2/SC(=O)NC2=O)ccc1OC(=O)c1cccc(C)c1. The first-order chi connectivity index (χ1) is 13.0. The van der Waals surface area contributed by atoms with E-state index in [1.807, 2.05) is 19.9 Å². The minimum absolute atomic E-state index is 0.283. The maximum absolute atomic E-state index is 12.4. The molecule has 6 nitrogen and oxygen atoms in total. The number of carbonyl (C=O) groups is 3. The molecular weight excluding hydrogens is 366 g/mol. The van der Waals surface area contributed by atoms with Gasteiger partial charge in [0, 0.05) is 0 Å². The summed E-state index contributed by atoms with van der Waals surface area (Å²) in [6.07, 6.45) is 1.58.